The van der Waals surface area contributed by atoms with Crippen molar-refractivity contribution in [1.82, 2.24) is 10.2 Å². The van der Waals surface area contributed by atoms with E-state index in [2.05, 4.69) is 45.8 Å². The van der Waals surface area contributed by atoms with E-state index in [9.17, 15) is 0 Å². The van der Waals surface area contributed by atoms with Crippen LogP contribution in [-0.2, 0) is 6.54 Å². The molecule has 18 heavy (non-hydrogen) atoms. The van der Waals surface area contributed by atoms with Gasteiger partial charge >= 0.3 is 0 Å². The Morgan fingerprint density at radius 1 is 1.33 bits per heavy atom. The van der Waals surface area contributed by atoms with Crippen LogP contribution in [0.3, 0.4) is 0 Å². The van der Waals surface area contributed by atoms with Gasteiger partial charge in [-0.15, -0.1) is 0 Å². The lowest BCUT2D eigenvalue weighted by Gasteiger charge is -2.26. The van der Waals surface area contributed by atoms with Crippen molar-refractivity contribution in [3.63, 3.8) is 0 Å². The number of aromatic nitrogens is 2. The molecule has 1 aromatic carbocycles. The van der Waals surface area contributed by atoms with E-state index in [4.69, 9.17) is 0 Å². The first kappa shape index (κ1) is 11.3. The van der Waals surface area contributed by atoms with Crippen LogP contribution in [0.25, 0.3) is 0 Å². The summed E-state index contributed by atoms with van der Waals surface area (Å²) < 4.78 is 0. The number of rotatable bonds is 4. The van der Waals surface area contributed by atoms with E-state index in [0.29, 0.717) is 0 Å². The summed E-state index contributed by atoms with van der Waals surface area (Å²) in [6.45, 7) is 2.80. The van der Waals surface area contributed by atoms with Crippen LogP contribution >= 0.6 is 0 Å². The Kier molecular flexibility index (Phi) is 3.05. The maximum atomic E-state index is 4.23. The highest BCUT2D eigenvalue weighted by Gasteiger charge is 2.19. The van der Waals surface area contributed by atoms with E-state index in [0.717, 1.165) is 23.9 Å². The summed E-state index contributed by atoms with van der Waals surface area (Å²) in [5, 5.41) is 10.6. The van der Waals surface area contributed by atoms with Gasteiger partial charge in [-0.3, -0.25) is 5.10 Å². The molecule has 2 aromatic rings. The zero-order valence-corrected chi connectivity index (χ0v) is 10.7. The number of benzene rings is 1. The molecule has 3 nitrogen and oxygen atoms in total. The van der Waals surface area contributed by atoms with Gasteiger partial charge in [-0.2, -0.15) is 5.10 Å². The Balaban J connectivity index is 1.65. The maximum Gasteiger partial charge on any atom is 0.0815 e. The van der Waals surface area contributed by atoms with Crippen molar-refractivity contribution in [3.05, 3.63) is 47.3 Å². The molecule has 1 heterocycles. The second-order valence-electron chi connectivity index (χ2n) is 5.15. The summed E-state index contributed by atoms with van der Waals surface area (Å²) in [6.07, 6.45) is 4.08. The number of hydrogen-bond donors (Lipinski definition) is 2. The van der Waals surface area contributed by atoms with Gasteiger partial charge in [0.2, 0.25) is 0 Å². The normalized spacial score (nSPS) is 15.4. The number of hydrogen-bond acceptors (Lipinski definition) is 2. The molecule has 3 rings (SSSR count). The van der Waals surface area contributed by atoms with Crippen LogP contribution in [0, 0.1) is 6.92 Å². The van der Waals surface area contributed by atoms with Crippen molar-refractivity contribution in [2.24, 2.45) is 0 Å². The van der Waals surface area contributed by atoms with E-state index >= 15 is 0 Å². The molecular weight excluding hydrogens is 222 g/mol. The molecule has 3 heteroatoms. The Morgan fingerprint density at radius 3 is 2.89 bits per heavy atom. The Hall–Kier alpha value is -1.77. The number of H-pyrrole nitrogens is 1. The van der Waals surface area contributed by atoms with Gasteiger partial charge in [0.1, 0.15) is 0 Å². The van der Waals surface area contributed by atoms with Crippen LogP contribution in [0.2, 0.25) is 0 Å². The lowest BCUT2D eigenvalue weighted by Crippen LogP contribution is -2.09. The average molecular weight is 241 g/mol. The molecule has 0 radical (unpaired) electrons. The quantitative estimate of drug-likeness (QED) is 0.858. The van der Waals surface area contributed by atoms with Crippen LogP contribution in [-0.4, -0.2) is 10.2 Å². The summed E-state index contributed by atoms with van der Waals surface area (Å²) in [7, 11) is 0. The molecule has 1 saturated carbocycles. The smallest absolute Gasteiger partial charge is 0.0815 e. The van der Waals surface area contributed by atoms with Crippen molar-refractivity contribution < 1.29 is 0 Å². The molecule has 0 aliphatic heterocycles. The van der Waals surface area contributed by atoms with Crippen molar-refractivity contribution in [2.45, 2.75) is 38.6 Å². The standard InChI is InChI=1S/C15H19N3/c1-11-8-15(18-17-11)10-16-14-7-3-6-13(9-14)12-4-2-5-12/h3,6-9,12,16H,2,4-5,10H2,1H3,(H,17,18). The third-order valence-corrected chi connectivity index (χ3v) is 3.70. The van der Waals surface area contributed by atoms with E-state index in [-0.39, 0.29) is 0 Å². The highest BCUT2D eigenvalue weighted by Crippen LogP contribution is 2.37. The van der Waals surface area contributed by atoms with E-state index in [1.165, 1.54) is 30.5 Å². The number of aromatic amines is 1. The topological polar surface area (TPSA) is 40.7 Å². The highest BCUT2D eigenvalue weighted by atomic mass is 15.1. The molecule has 0 bridgehead atoms. The van der Waals surface area contributed by atoms with Crippen LogP contribution in [0.5, 0.6) is 0 Å². The third kappa shape index (κ3) is 2.40. The fraction of sp³-hybridized carbons (Fsp3) is 0.400. The first-order valence-electron chi connectivity index (χ1n) is 6.66. The molecule has 1 aromatic heterocycles. The summed E-state index contributed by atoms with van der Waals surface area (Å²) in [5.74, 6) is 0.791. The predicted octanol–water partition coefficient (Wildman–Crippen LogP) is 3.60. The minimum absolute atomic E-state index is 0.776. The maximum absolute atomic E-state index is 4.23. The molecule has 0 amide bonds. The number of nitrogens with zero attached hydrogens (tertiary/aromatic N) is 1. The summed E-state index contributed by atoms with van der Waals surface area (Å²) in [5.41, 5.74) is 4.83. The highest BCUT2D eigenvalue weighted by molar-refractivity contribution is 5.47. The second kappa shape index (κ2) is 4.84. The Bertz CT molecular complexity index is 526. The summed E-state index contributed by atoms with van der Waals surface area (Å²) in [6, 6.07) is 10.9. The van der Waals surface area contributed by atoms with Gasteiger partial charge in [0, 0.05) is 11.4 Å². The molecule has 0 saturated heterocycles. The van der Waals surface area contributed by atoms with Gasteiger partial charge in [-0.1, -0.05) is 18.6 Å². The van der Waals surface area contributed by atoms with E-state index in [1.54, 1.807) is 0 Å². The minimum Gasteiger partial charge on any atom is -0.379 e. The zero-order chi connectivity index (χ0) is 12.4. The minimum atomic E-state index is 0.776. The van der Waals surface area contributed by atoms with Crippen molar-refractivity contribution in [1.29, 1.82) is 0 Å². The first-order chi connectivity index (χ1) is 8.81. The molecule has 0 atom stereocenters. The average Bonchev–Trinajstić information content (AvgIpc) is 2.71. The van der Waals surface area contributed by atoms with Gasteiger partial charge < -0.3 is 5.32 Å². The SMILES string of the molecule is Cc1cc(CNc2cccc(C3CCC3)c2)n[nH]1. The van der Waals surface area contributed by atoms with Crippen LogP contribution in [0.4, 0.5) is 5.69 Å². The van der Waals surface area contributed by atoms with Crippen LogP contribution in [0.15, 0.2) is 30.3 Å². The summed E-state index contributed by atoms with van der Waals surface area (Å²) >= 11 is 0. The molecular formula is C15H19N3. The first-order valence-corrected chi connectivity index (χ1v) is 6.66. The second-order valence-corrected chi connectivity index (χ2v) is 5.15. The third-order valence-electron chi connectivity index (χ3n) is 3.70. The lowest BCUT2D eigenvalue weighted by atomic mass is 9.80. The molecule has 1 fully saturated rings. The van der Waals surface area contributed by atoms with Gasteiger partial charge in [0.15, 0.2) is 0 Å². The lowest BCUT2D eigenvalue weighted by molar-refractivity contribution is 0.420. The molecule has 0 spiro atoms. The molecule has 94 valence electrons. The Labute approximate surface area is 108 Å². The van der Waals surface area contributed by atoms with E-state index in [1.807, 2.05) is 6.92 Å². The largest absolute Gasteiger partial charge is 0.379 e. The molecule has 1 aliphatic rings. The van der Waals surface area contributed by atoms with Crippen molar-refractivity contribution in [2.75, 3.05) is 5.32 Å². The van der Waals surface area contributed by atoms with Gasteiger partial charge in [-0.05, 0) is 49.4 Å². The fourth-order valence-corrected chi connectivity index (χ4v) is 2.40. The number of anilines is 1. The Morgan fingerprint density at radius 2 is 2.22 bits per heavy atom. The van der Waals surface area contributed by atoms with Crippen molar-refractivity contribution in [3.8, 4) is 0 Å². The zero-order valence-electron chi connectivity index (χ0n) is 10.7. The van der Waals surface area contributed by atoms with Crippen molar-refractivity contribution >= 4 is 5.69 Å². The number of nitrogens with one attached hydrogen (secondary N) is 2. The molecule has 2 N–H and O–H groups in total. The van der Waals surface area contributed by atoms with Gasteiger partial charge in [0.05, 0.1) is 12.2 Å². The van der Waals surface area contributed by atoms with Crippen LogP contribution < -0.4 is 5.32 Å². The van der Waals surface area contributed by atoms with Gasteiger partial charge in [0.25, 0.3) is 0 Å². The number of aryl methyl sites for hydroxylation is 1. The fourth-order valence-electron chi connectivity index (χ4n) is 2.40. The predicted molar refractivity (Wildman–Crippen MR) is 73.7 cm³/mol. The monoisotopic (exact) mass is 241 g/mol. The molecule has 1 aliphatic carbocycles. The summed E-state index contributed by atoms with van der Waals surface area (Å²) in [4.78, 5) is 0. The van der Waals surface area contributed by atoms with Gasteiger partial charge in [-0.25, -0.2) is 0 Å². The van der Waals surface area contributed by atoms with E-state index < -0.39 is 0 Å². The van der Waals surface area contributed by atoms with Crippen LogP contribution in [0.1, 0.15) is 42.1 Å². The molecule has 0 unspecified atom stereocenters.